The van der Waals surface area contributed by atoms with Gasteiger partial charge in [0.15, 0.2) is 0 Å². The molecule has 0 amide bonds. The van der Waals surface area contributed by atoms with E-state index in [9.17, 15) is 4.79 Å². The maximum Gasteiger partial charge on any atom is 0.129 e. The molecule has 1 saturated carbocycles. The highest BCUT2D eigenvalue weighted by Crippen LogP contribution is 2.23. The maximum absolute atomic E-state index is 10.8. The largest absolute Gasteiger partial charge is 0.301 e. The van der Waals surface area contributed by atoms with Crippen LogP contribution in [-0.2, 0) is 4.79 Å². The molecule has 88 valence electrons. The van der Waals surface area contributed by atoms with Crippen LogP contribution in [0.3, 0.4) is 0 Å². The first-order valence-corrected chi connectivity index (χ1v) is 6.47. The lowest BCUT2D eigenvalue weighted by atomic mass is 10.1. The van der Waals surface area contributed by atoms with E-state index >= 15 is 0 Å². The van der Waals surface area contributed by atoms with Gasteiger partial charge in [0.2, 0.25) is 0 Å². The summed E-state index contributed by atoms with van der Waals surface area (Å²) in [5, 5.41) is 0. The van der Waals surface area contributed by atoms with Crippen molar-refractivity contribution in [2.75, 3.05) is 13.1 Å². The molecule has 0 radical (unpaired) electrons. The van der Waals surface area contributed by atoms with Gasteiger partial charge in [-0.15, -0.1) is 0 Å². The third kappa shape index (κ3) is 4.78. The van der Waals surface area contributed by atoms with Crippen molar-refractivity contribution in [2.24, 2.45) is 0 Å². The molecule has 0 aromatic carbocycles. The van der Waals surface area contributed by atoms with E-state index in [1.807, 2.05) is 0 Å². The first-order chi connectivity index (χ1) is 7.24. The number of nitrogens with zero attached hydrogens (tertiary/aromatic N) is 1. The summed E-state index contributed by atoms with van der Waals surface area (Å²) in [6.07, 6.45) is 8.62. The fraction of sp³-hybridized carbons (Fsp3) is 0.923. The quantitative estimate of drug-likeness (QED) is 0.603. The number of hydrogen-bond donors (Lipinski definition) is 0. The van der Waals surface area contributed by atoms with E-state index in [1.54, 1.807) is 6.92 Å². The van der Waals surface area contributed by atoms with Crippen LogP contribution in [0.5, 0.6) is 0 Å². The SMILES string of the molecule is CCN(CCCCC(C)=O)C1CCCC1. The van der Waals surface area contributed by atoms with Gasteiger partial charge in [-0.2, -0.15) is 0 Å². The topological polar surface area (TPSA) is 20.3 Å². The van der Waals surface area contributed by atoms with Gasteiger partial charge in [-0.25, -0.2) is 0 Å². The molecule has 2 heteroatoms. The zero-order valence-corrected chi connectivity index (χ0v) is 10.3. The van der Waals surface area contributed by atoms with Crippen molar-refractivity contribution in [1.82, 2.24) is 4.90 Å². The molecule has 1 fully saturated rings. The molecule has 2 nitrogen and oxygen atoms in total. The van der Waals surface area contributed by atoms with E-state index in [4.69, 9.17) is 0 Å². The molecule has 0 spiro atoms. The minimum atomic E-state index is 0.332. The number of hydrogen-bond acceptors (Lipinski definition) is 2. The van der Waals surface area contributed by atoms with E-state index in [0.29, 0.717) is 5.78 Å². The Labute approximate surface area is 94.0 Å². The van der Waals surface area contributed by atoms with Gasteiger partial charge < -0.3 is 9.69 Å². The minimum absolute atomic E-state index is 0.332. The summed E-state index contributed by atoms with van der Waals surface area (Å²) < 4.78 is 0. The van der Waals surface area contributed by atoms with Crippen molar-refractivity contribution in [3.8, 4) is 0 Å². The predicted octanol–water partition coefficient (Wildman–Crippen LogP) is 3.01. The average Bonchev–Trinajstić information content (AvgIpc) is 2.70. The van der Waals surface area contributed by atoms with Crippen molar-refractivity contribution < 1.29 is 4.79 Å². The molecule has 0 unspecified atom stereocenters. The second kappa shape index (κ2) is 7.00. The highest BCUT2D eigenvalue weighted by molar-refractivity contribution is 5.75. The molecule has 0 atom stereocenters. The molecular formula is C13H25NO. The van der Waals surface area contributed by atoms with Crippen LogP contribution in [0.15, 0.2) is 0 Å². The summed E-state index contributed by atoms with van der Waals surface area (Å²) in [5.41, 5.74) is 0. The fourth-order valence-electron chi connectivity index (χ4n) is 2.56. The Balaban J connectivity index is 2.13. The third-order valence-electron chi connectivity index (χ3n) is 3.47. The molecule has 15 heavy (non-hydrogen) atoms. The van der Waals surface area contributed by atoms with Crippen LogP contribution in [0.2, 0.25) is 0 Å². The molecule has 1 aliphatic rings. The summed E-state index contributed by atoms with van der Waals surface area (Å²) in [7, 11) is 0. The van der Waals surface area contributed by atoms with Crippen LogP contribution in [0.4, 0.5) is 0 Å². The Kier molecular flexibility index (Phi) is 5.92. The Morgan fingerprint density at radius 2 is 1.93 bits per heavy atom. The second-order valence-corrected chi connectivity index (χ2v) is 4.73. The molecule has 0 N–H and O–H groups in total. The first-order valence-electron chi connectivity index (χ1n) is 6.47. The van der Waals surface area contributed by atoms with Crippen LogP contribution in [0.1, 0.15) is 58.8 Å². The van der Waals surface area contributed by atoms with Gasteiger partial charge in [-0.1, -0.05) is 19.8 Å². The van der Waals surface area contributed by atoms with Gasteiger partial charge in [0.1, 0.15) is 5.78 Å². The van der Waals surface area contributed by atoms with E-state index < -0.39 is 0 Å². The van der Waals surface area contributed by atoms with Crippen LogP contribution in [-0.4, -0.2) is 29.8 Å². The van der Waals surface area contributed by atoms with E-state index in [2.05, 4.69) is 11.8 Å². The van der Waals surface area contributed by atoms with Gasteiger partial charge in [-0.3, -0.25) is 0 Å². The van der Waals surface area contributed by atoms with Crippen molar-refractivity contribution in [3.63, 3.8) is 0 Å². The summed E-state index contributed by atoms with van der Waals surface area (Å²) in [5.74, 6) is 0.332. The van der Waals surface area contributed by atoms with Gasteiger partial charge >= 0.3 is 0 Å². The van der Waals surface area contributed by atoms with Crippen molar-refractivity contribution in [3.05, 3.63) is 0 Å². The summed E-state index contributed by atoms with van der Waals surface area (Å²) in [4.78, 5) is 13.4. The van der Waals surface area contributed by atoms with E-state index in [-0.39, 0.29) is 0 Å². The number of carbonyl (C=O) groups is 1. The molecule has 0 saturated heterocycles. The third-order valence-corrected chi connectivity index (χ3v) is 3.47. The normalized spacial score (nSPS) is 17.5. The smallest absolute Gasteiger partial charge is 0.129 e. The van der Waals surface area contributed by atoms with E-state index in [1.165, 1.54) is 45.2 Å². The molecule has 0 heterocycles. The zero-order valence-electron chi connectivity index (χ0n) is 10.3. The van der Waals surface area contributed by atoms with Gasteiger partial charge in [0.25, 0.3) is 0 Å². The Morgan fingerprint density at radius 1 is 1.27 bits per heavy atom. The van der Waals surface area contributed by atoms with Crippen LogP contribution < -0.4 is 0 Å². The molecule has 0 aliphatic heterocycles. The lowest BCUT2D eigenvalue weighted by Crippen LogP contribution is -2.33. The first kappa shape index (κ1) is 12.7. The van der Waals surface area contributed by atoms with E-state index in [0.717, 1.165) is 18.9 Å². The molecular weight excluding hydrogens is 186 g/mol. The standard InChI is InChI=1S/C13H25NO/c1-3-14(13-9-4-5-10-13)11-7-6-8-12(2)15/h13H,3-11H2,1-2H3. The number of rotatable bonds is 7. The number of Topliss-reactive ketones (excluding diaryl/α,β-unsaturated/α-hetero) is 1. The number of ketones is 1. The monoisotopic (exact) mass is 211 g/mol. The summed E-state index contributed by atoms with van der Waals surface area (Å²) >= 11 is 0. The van der Waals surface area contributed by atoms with Crippen molar-refractivity contribution in [1.29, 1.82) is 0 Å². The Morgan fingerprint density at radius 3 is 2.47 bits per heavy atom. The molecule has 1 rings (SSSR count). The second-order valence-electron chi connectivity index (χ2n) is 4.73. The molecule has 0 aromatic rings. The Bertz CT molecular complexity index is 185. The highest BCUT2D eigenvalue weighted by atomic mass is 16.1. The van der Waals surface area contributed by atoms with Gasteiger partial charge in [0.05, 0.1) is 0 Å². The average molecular weight is 211 g/mol. The number of carbonyl (C=O) groups excluding carboxylic acids is 1. The molecule has 1 aliphatic carbocycles. The minimum Gasteiger partial charge on any atom is -0.301 e. The Hall–Kier alpha value is -0.370. The van der Waals surface area contributed by atoms with Gasteiger partial charge in [-0.05, 0) is 45.7 Å². The number of unbranched alkanes of at least 4 members (excludes halogenated alkanes) is 1. The zero-order chi connectivity index (χ0) is 11.1. The predicted molar refractivity (Wildman–Crippen MR) is 64.0 cm³/mol. The van der Waals surface area contributed by atoms with Crippen molar-refractivity contribution >= 4 is 5.78 Å². The summed E-state index contributed by atoms with van der Waals surface area (Å²) in [6.45, 7) is 6.30. The van der Waals surface area contributed by atoms with Crippen molar-refractivity contribution in [2.45, 2.75) is 64.8 Å². The van der Waals surface area contributed by atoms with Crippen LogP contribution in [0, 0.1) is 0 Å². The summed E-state index contributed by atoms with van der Waals surface area (Å²) in [6, 6.07) is 0.840. The molecule has 0 bridgehead atoms. The van der Waals surface area contributed by atoms with Crippen LogP contribution in [0.25, 0.3) is 0 Å². The molecule has 0 aromatic heterocycles. The van der Waals surface area contributed by atoms with Gasteiger partial charge in [0, 0.05) is 12.5 Å². The maximum atomic E-state index is 10.8. The van der Waals surface area contributed by atoms with Crippen LogP contribution >= 0.6 is 0 Å². The lowest BCUT2D eigenvalue weighted by molar-refractivity contribution is -0.117. The highest BCUT2D eigenvalue weighted by Gasteiger charge is 2.20. The lowest BCUT2D eigenvalue weighted by Gasteiger charge is -2.27. The fourth-order valence-corrected chi connectivity index (χ4v) is 2.56.